The summed E-state index contributed by atoms with van der Waals surface area (Å²) in [4.78, 5) is 17.0. The van der Waals surface area contributed by atoms with Gasteiger partial charge in [-0.1, -0.05) is 140 Å². The van der Waals surface area contributed by atoms with Gasteiger partial charge in [-0.2, -0.15) is 0 Å². The highest BCUT2D eigenvalue weighted by atomic mass is 16.5. The Bertz CT molecular complexity index is 1950. The molecule has 1 atom stereocenters. The lowest BCUT2D eigenvalue weighted by Crippen LogP contribution is -2.48. The van der Waals surface area contributed by atoms with Crippen molar-refractivity contribution in [3.63, 3.8) is 0 Å². The number of ether oxygens (including phenoxy) is 1. The molecule has 0 fully saturated rings. The fourth-order valence-corrected chi connectivity index (χ4v) is 7.63. The summed E-state index contributed by atoms with van der Waals surface area (Å²) in [5.74, 6) is -0.230. The molecule has 2 aliphatic rings. The number of hydrogen-bond acceptors (Lipinski definition) is 3. The Morgan fingerprint density at radius 1 is 0.711 bits per heavy atom. The van der Waals surface area contributed by atoms with Gasteiger partial charge in [-0.05, 0) is 51.9 Å². The maximum absolute atomic E-state index is 14.6. The topological polar surface area (TPSA) is 34.5 Å². The molecule has 0 saturated carbocycles. The van der Waals surface area contributed by atoms with Crippen molar-refractivity contribution >= 4 is 5.97 Å². The molecular weight excluding hydrogens is 552 g/mol. The van der Waals surface area contributed by atoms with Crippen molar-refractivity contribution in [2.75, 3.05) is 0 Å². The van der Waals surface area contributed by atoms with Crippen LogP contribution in [0.2, 0.25) is 0 Å². The average Bonchev–Trinajstić information content (AvgIpc) is 3.71. The molecule has 2 heterocycles. The van der Waals surface area contributed by atoms with E-state index in [0.717, 1.165) is 34.6 Å². The SMILES string of the molecule is Cc1cc2c(n1Cc1ccccc1)CN(C1(c3ccccc3)c3ccccc3-c3ccccc31)[C@@H]2C(=O)OCc1ccccc1. The molecule has 0 spiro atoms. The first-order valence-electron chi connectivity index (χ1n) is 15.6. The zero-order valence-corrected chi connectivity index (χ0v) is 25.3. The highest BCUT2D eigenvalue weighted by molar-refractivity contribution is 5.85. The van der Waals surface area contributed by atoms with E-state index in [-0.39, 0.29) is 12.6 Å². The normalized spacial score (nSPS) is 16.2. The zero-order valence-electron chi connectivity index (χ0n) is 25.3. The molecule has 1 aromatic heterocycles. The Labute approximate surface area is 264 Å². The van der Waals surface area contributed by atoms with E-state index in [1.54, 1.807) is 0 Å². The predicted octanol–water partition coefficient (Wildman–Crippen LogP) is 8.42. The fourth-order valence-electron chi connectivity index (χ4n) is 7.63. The second-order valence-corrected chi connectivity index (χ2v) is 12.1. The average molecular weight is 587 g/mol. The predicted molar refractivity (Wildman–Crippen MR) is 177 cm³/mol. The van der Waals surface area contributed by atoms with Crippen molar-refractivity contribution < 1.29 is 9.53 Å². The molecule has 0 bridgehead atoms. The lowest BCUT2D eigenvalue weighted by atomic mass is 9.78. The van der Waals surface area contributed by atoms with Crippen molar-refractivity contribution in [3.05, 3.63) is 190 Å². The number of esters is 1. The summed E-state index contributed by atoms with van der Waals surface area (Å²) in [6.07, 6.45) is 0. The molecule has 6 aromatic rings. The third kappa shape index (κ3) is 4.36. The third-order valence-electron chi connectivity index (χ3n) is 9.55. The monoisotopic (exact) mass is 586 g/mol. The minimum atomic E-state index is -0.699. The quantitative estimate of drug-likeness (QED) is 0.176. The van der Waals surface area contributed by atoms with E-state index in [9.17, 15) is 4.79 Å². The summed E-state index contributed by atoms with van der Waals surface area (Å²) in [7, 11) is 0. The van der Waals surface area contributed by atoms with Crippen LogP contribution in [-0.4, -0.2) is 15.4 Å². The molecule has 5 aromatic carbocycles. The number of fused-ring (bicyclic) bond motifs is 4. The van der Waals surface area contributed by atoms with E-state index < -0.39 is 11.6 Å². The highest BCUT2D eigenvalue weighted by Gasteiger charge is 2.56. The largest absolute Gasteiger partial charge is 0.459 e. The molecule has 1 aliphatic heterocycles. The van der Waals surface area contributed by atoms with Gasteiger partial charge in [0.2, 0.25) is 0 Å². The van der Waals surface area contributed by atoms with E-state index in [1.165, 1.54) is 27.8 Å². The van der Waals surface area contributed by atoms with Gasteiger partial charge in [-0.15, -0.1) is 0 Å². The molecule has 220 valence electrons. The van der Waals surface area contributed by atoms with Crippen molar-refractivity contribution in [3.8, 4) is 11.1 Å². The van der Waals surface area contributed by atoms with Gasteiger partial charge in [0.05, 0.1) is 5.54 Å². The summed E-state index contributed by atoms with van der Waals surface area (Å²) in [6.45, 7) is 3.71. The minimum absolute atomic E-state index is 0.230. The number of rotatable bonds is 7. The zero-order chi connectivity index (χ0) is 30.4. The first-order valence-corrected chi connectivity index (χ1v) is 15.6. The molecule has 0 N–H and O–H groups in total. The van der Waals surface area contributed by atoms with Gasteiger partial charge >= 0.3 is 5.97 Å². The number of carbonyl (C=O) groups excluding carboxylic acids is 1. The first kappa shape index (κ1) is 27.4. The lowest BCUT2D eigenvalue weighted by Gasteiger charge is -2.44. The standard InChI is InChI=1S/C41H34N2O2/c1-29-25-35-38(42(29)26-30-15-5-2-6-16-30)27-43(39(35)40(44)45-28-31-17-7-3-8-18-31)41(32-19-9-4-10-20-32)36-23-13-11-21-33(36)34-22-12-14-24-37(34)41/h2-25,39H,26-28H2,1H3/t39-/m0/s1. The van der Waals surface area contributed by atoms with Crippen LogP contribution in [0.5, 0.6) is 0 Å². The Morgan fingerprint density at radius 2 is 1.24 bits per heavy atom. The summed E-state index contributed by atoms with van der Waals surface area (Å²) in [5, 5.41) is 0. The Kier molecular flexibility index (Phi) is 6.73. The Hall–Kier alpha value is -5.19. The van der Waals surface area contributed by atoms with Gasteiger partial charge in [0.1, 0.15) is 12.6 Å². The second kappa shape index (κ2) is 11.1. The molecule has 4 nitrogen and oxygen atoms in total. The van der Waals surface area contributed by atoms with E-state index in [2.05, 4.69) is 132 Å². The molecule has 1 aliphatic carbocycles. The number of nitrogens with zero attached hydrogens (tertiary/aromatic N) is 2. The molecule has 4 heteroatoms. The van der Waals surface area contributed by atoms with Crippen molar-refractivity contribution in [2.24, 2.45) is 0 Å². The van der Waals surface area contributed by atoms with E-state index in [1.807, 2.05) is 30.3 Å². The van der Waals surface area contributed by atoms with Crippen LogP contribution in [-0.2, 0) is 34.8 Å². The number of hydrogen-bond donors (Lipinski definition) is 0. The van der Waals surface area contributed by atoms with Crippen LogP contribution >= 0.6 is 0 Å². The van der Waals surface area contributed by atoms with Crippen LogP contribution in [0.25, 0.3) is 11.1 Å². The lowest BCUT2D eigenvalue weighted by molar-refractivity contribution is -0.153. The fraction of sp³-hybridized carbons (Fsp3) is 0.146. The Morgan fingerprint density at radius 3 is 1.87 bits per heavy atom. The van der Waals surface area contributed by atoms with Crippen molar-refractivity contribution in [2.45, 2.75) is 38.2 Å². The molecule has 0 amide bonds. The van der Waals surface area contributed by atoms with Crippen molar-refractivity contribution in [1.29, 1.82) is 0 Å². The van der Waals surface area contributed by atoms with E-state index in [4.69, 9.17) is 4.74 Å². The maximum Gasteiger partial charge on any atom is 0.328 e. The van der Waals surface area contributed by atoms with Crippen LogP contribution < -0.4 is 0 Å². The van der Waals surface area contributed by atoms with Gasteiger partial charge < -0.3 is 9.30 Å². The first-order chi connectivity index (χ1) is 22.2. The number of carbonyl (C=O) groups is 1. The smallest absolute Gasteiger partial charge is 0.328 e. The number of aromatic nitrogens is 1. The summed E-state index contributed by atoms with van der Waals surface area (Å²) < 4.78 is 8.58. The van der Waals surface area contributed by atoms with Crippen LogP contribution in [0.3, 0.4) is 0 Å². The summed E-state index contributed by atoms with van der Waals surface area (Å²) in [6, 6.07) is 50.1. The minimum Gasteiger partial charge on any atom is -0.459 e. The number of aryl methyl sites for hydroxylation is 1. The molecule has 0 radical (unpaired) electrons. The molecule has 0 saturated heterocycles. The molecule has 45 heavy (non-hydrogen) atoms. The van der Waals surface area contributed by atoms with Crippen molar-refractivity contribution in [1.82, 2.24) is 9.47 Å². The maximum atomic E-state index is 14.6. The summed E-state index contributed by atoms with van der Waals surface area (Å²) in [5.41, 5.74) is 10.8. The van der Waals surface area contributed by atoms with E-state index >= 15 is 0 Å². The Balaban J connectivity index is 1.33. The van der Waals surface area contributed by atoms with Crippen LogP contribution in [0.15, 0.2) is 146 Å². The molecule has 8 rings (SSSR count). The van der Waals surface area contributed by atoms with Crippen LogP contribution in [0.1, 0.15) is 50.8 Å². The van der Waals surface area contributed by atoms with E-state index in [0.29, 0.717) is 6.54 Å². The van der Waals surface area contributed by atoms with Gasteiger partial charge in [0.25, 0.3) is 0 Å². The highest BCUT2D eigenvalue weighted by Crippen LogP contribution is 2.58. The van der Waals surface area contributed by atoms with Gasteiger partial charge in [-0.3, -0.25) is 4.90 Å². The van der Waals surface area contributed by atoms with Gasteiger partial charge in [0.15, 0.2) is 0 Å². The van der Waals surface area contributed by atoms with Gasteiger partial charge in [-0.25, -0.2) is 4.79 Å². The third-order valence-corrected chi connectivity index (χ3v) is 9.55. The molecule has 0 unspecified atom stereocenters. The van der Waals surface area contributed by atoms with Crippen LogP contribution in [0, 0.1) is 6.92 Å². The number of benzene rings is 5. The van der Waals surface area contributed by atoms with Gasteiger partial charge in [0, 0.05) is 30.0 Å². The molecular formula is C41H34N2O2. The second-order valence-electron chi connectivity index (χ2n) is 12.1. The van der Waals surface area contributed by atoms with Crippen LogP contribution in [0.4, 0.5) is 0 Å². The summed E-state index contributed by atoms with van der Waals surface area (Å²) >= 11 is 0.